The van der Waals surface area contributed by atoms with Gasteiger partial charge in [0.05, 0.1) is 12.6 Å². The van der Waals surface area contributed by atoms with Gasteiger partial charge >= 0.3 is 0 Å². The van der Waals surface area contributed by atoms with Gasteiger partial charge in [-0.15, -0.1) is 10.2 Å². The number of alkyl halides is 3. The predicted molar refractivity (Wildman–Crippen MR) is 139 cm³/mol. The van der Waals surface area contributed by atoms with E-state index in [0.29, 0.717) is 35.6 Å². The number of anilines is 1. The molecule has 3 atom stereocenters. The Hall–Kier alpha value is -3.24. The molecule has 0 radical (unpaired) electrons. The zero-order valence-electron chi connectivity index (χ0n) is 22.3. The Morgan fingerprint density at radius 2 is 1.97 bits per heavy atom. The number of amides is 1. The van der Waals surface area contributed by atoms with E-state index in [-0.39, 0.29) is 35.2 Å². The first-order chi connectivity index (χ1) is 18.6. The van der Waals surface area contributed by atoms with Crippen LogP contribution in [-0.2, 0) is 30.5 Å². The molecule has 6 rings (SSSR count). The summed E-state index contributed by atoms with van der Waals surface area (Å²) in [7, 11) is 1.85. The lowest BCUT2D eigenvalue weighted by Gasteiger charge is -2.46. The van der Waals surface area contributed by atoms with E-state index < -0.39 is 18.2 Å². The third-order valence-electron chi connectivity index (χ3n) is 8.50. The molecular formula is C29H32F3N5O2. The van der Waals surface area contributed by atoms with Crippen LogP contribution in [0.3, 0.4) is 0 Å². The van der Waals surface area contributed by atoms with E-state index in [1.54, 1.807) is 18.5 Å². The lowest BCUT2D eigenvalue weighted by atomic mass is 9.78. The Morgan fingerprint density at radius 3 is 2.59 bits per heavy atom. The topological polar surface area (TPSA) is 72.3 Å². The first-order valence-corrected chi connectivity index (χ1v) is 13.4. The zero-order chi connectivity index (χ0) is 27.5. The molecule has 1 N–H and O–H groups in total. The summed E-state index contributed by atoms with van der Waals surface area (Å²) in [5.74, 6) is 0.322. The van der Waals surface area contributed by atoms with Gasteiger partial charge in [-0.05, 0) is 73.6 Å². The average molecular weight is 540 g/mol. The number of fused-ring (bicyclic) bond motifs is 1. The Labute approximate surface area is 225 Å². The zero-order valence-corrected chi connectivity index (χ0v) is 22.3. The number of aromatic nitrogens is 3. The minimum Gasteiger partial charge on any atom is -0.359 e. The lowest BCUT2D eigenvalue weighted by Crippen LogP contribution is -2.49. The molecule has 0 spiro atoms. The summed E-state index contributed by atoms with van der Waals surface area (Å²) in [4.78, 5) is 15.2. The summed E-state index contributed by atoms with van der Waals surface area (Å²) >= 11 is 0. The summed E-state index contributed by atoms with van der Waals surface area (Å²) in [5, 5.41) is 11.8. The SMILES string of the molecule is CC1C[C@](c2cccc(N3Cc4c(cc(CNC5(C)CCC5)cc4C(F)C(F)F)C3=O)c2)(c2nncn2C)O1. The van der Waals surface area contributed by atoms with Crippen LogP contribution in [0.15, 0.2) is 42.7 Å². The van der Waals surface area contributed by atoms with Crippen molar-refractivity contribution in [3.63, 3.8) is 0 Å². The van der Waals surface area contributed by atoms with Gasteiger partial charge in [0.15, 0.2) is 17.6 Å². The monoisotopic (exact) mass is 539 g/mol. The smallest absolute Gasteiger partial charge is 0.273 e. The highest BCUT2D eigenvalue weighted by Crippen LogP contribution is 2.47. The van der Waals surface area contributed by atoms with E-state index in [4.69, 9.17) is 4.74 Å². The van der Waals surface area contributed by atoms with Gasteiger partial charge < -0.3 is 19.5 Å². The van der Waals surface area contributed by atoms with Gasteiger partial charge in [-0.1, -0.05) is 18.2 Å². The second kappa shape index (κ2) is 9.45. The molecule has 3 aromatic rings. The minimum atomic E-state index is -3.18. The summed E-state index contributed by atoms with van der Waals surface area (Å²) in [6, 6.07) is 10.6. The van der Waals surface area contributed by atoms with Crippen molar-refractivity contribution in [3.8, 4) is 0 Å². The second-order valence-corrected chi connectivity index (χ2v) is 11.4. The van der Waals surface area contributed by atoms with Crippen molar-refractivity contribution < 1.29 is 22.7 Å². The highest BCUT2D eigenvalue weighted by Gasteiger charge is 2.50. The molecule has 206 valence electrons. The molecule has 3 aliphatic rings. The molecular weight excluding hydrogens is 507 g/mol. The molecule has 2 fully saturated rings. The van der Waals surface area contributed by atoms with Crippen LogP contribution >= 0.6 is 0 Å². The van der Waals surface area contributed by atoms with Crippen molar-refractivity contribution in [1.82, 2.24) is 20.1 Å². The summed E-state index contributed by atoms with van der Waals surface area (Å²) in [5.41, 5.74) is 1.66. The first-order valence-electron chi connectivity index (χ1n) is 13.4. The maximum absolute atomic E-state index is 14.9. The van der Waals surface area contributed by atoms with Crippen LogP contribution in [0, 0.1) is 0 Å². The molecule has 39 heavy (non-hydrogen) atoms. The number of hydrogen-bond acceptors (Lipinski definition) is 5. The number of nitrogens with zero attached hydrogens (tertiary/aromatic N) is 4. The van der Waals surface area contributed by atoms with E-state index in [9.17, 15) is 18.0 Å². The van der Waals surface area contributed by atoms with Crippen LogP contribution in [0.4, 0.5) is 18.9 Å². The lowest BCUT2D eigenvalue weighted by molar-refractivity contribution is -0.184. The fourth-order valence-electron chi connectivity index (χ4n) is 6.16. The van der Waals surface area contributed by atoms with Gasteiger partial charge in [0.25, 0.3) is 12.3 Å². The Kier molecular flexibility index (Phi) is 6.30. The van der Waals surface area contributed by atoms with Crippen LogP contribution in [-0.4, -0.2) is 38.7 Å². The minimum absolute atomic E-state index is 0.0136. The number of carbonyl (C=O) groups excluding carboxylic acids is 1. The Balaban J connectivity index is 1.34. The summed E-state index contributed by atoms with van der Waals surface area (Å²) in [6.07, 6.45) is -0.150. The number of ether oxygens (including phenoxy) is 1. The van der Waals surface area contributed by atoms with Crippen molar-refractivity contribution in [1.29, 1.82) is 0 Å². The maximum atomic E-state index is 14.9. The number of carbonyl (C=O) groups is 1. The number of halogens is 3. The van der Waals surface area contributed by atoms with E-state index in [1.807, 2.05) is 36.7 Å². The van der Waals surface area contributed by atoms with Crippen molar-refractivity contribution in [2.24, 2.45) is 7.05 Å². The third-order valence-corrected chi connectivity index (χ3v) is 8.50. The molecule has 3 heterocycles. The average Bonchev–Trinajstić information content (AvgIpc) is 3.46. The largest absolute Gasteiger partial charge is 0.359 e. The molecule has 2 aliphatic heterocycles. The summed E-state index contributed by atoms with van der Waals surface area (Å²) in [6.45, 7) is 4.49. The van der Waals surface area contributed by atoms with Crippen molar-refractivity contribution >= 4 is 11.6 Å². The number of nitrogens with one attached hydrogen (secondary N) is 1. The van der Waals surface area contributed by atoms with Gasteiger partial charge in [0.1, 0.15) is 6.33 Å². The number of rotatable bonds is 8. The molecule has 7 nitrogen and oxygen atoms in total. The third kappa shape index (κ3) is 4.34. The van der Waals surface area contributed by atoms with Crippen molar-refractivity contribution in [2.75, 3.05) is 4.90 Å². The summed E-state index contributed by atoms with van der Waals surface area (Å²) < 4.78 is 50.1. The fraction of sp³-hybridized carbons (Fsp3) is 0.483. The molecule has 10 heteroatoms. The van der Waals surface area contributed by atoms with Gasteiger partial charge in [-0.25, -0.2) is 13.2 Å². The van der Waals surface area contributed by atoms with Crippen LogP contribution in [0.25, 0.3) is 0 Å². The molecule has 1 saturated heterocycles. The quantitative estimate of drug-likeness (QED) is 0.419. The molecule has 1 aromatic heterocycles. The van der Waals surface area contributed by atoms with Crippen LogP contribution in [0.2, 0.25) is 0 Å². The van der Waals surface area contributed by atoms with E-state index in [2.05, 4.69) is 22.4 Å². The highest BCUT2D eigenvalue weighted by molar-refractivity contribution is 6.10. The Morgan fingerprint density at radius 1 is 1.21 bits per heavy atom. The van der Waals surface area contributed by atoms with Gasteiger partial charge in [-0.3, -0.25) is 4.79 Å². The molecule has 2 unspecified atom stereocenters. The molecule has 1 amide bonds. The van der Waals surface area contributed by atoms with Crippen LogP contribution < -0.4 is 10.2 Å². The highest BCUT2D eigenvalue weighted by atomic mass is 19.3. The number of benzene rings is 2. The van der Waals surface area contributed by atoms with Crippen molar-refractivity contribution in [2.45, 2.75) is 82.5 Å². The van der Waals surface area contributed by atoms with E-state index >= 15 is 0 Å². The molecule has 1 aliphatic carbocycles. The van der Waals surface area contributed by atoms with E-state index in [1.165, 1.54) is 11.0 Å². The van der Waals surface area contributed by atoms with E-state index in [0.717, 1.165) is 24.8 Å². The van der Waals surface area contributed by atoms with Gasteiger partial charge in [-0.2, -0.15) is 0 Å². The van der Waals surface area contributed by atoms with Crippen LogP contribution in [0.5, 0.6) is 0 Å². The first kappa shape index (κ1) is 26.0. The second-order valence-electron chi connectivity index (χ2n) is 11.4. The van der Waals surface area contributed by atoms with Gasteiger partial charge in [0, 0.05) is 36.8 Å². The standard InChI is InChI=1S/C29H32F3N5O2/c1-17-13-29(39-17,27-35-34-16-36(27)3)19-6-4-7-20(12-19)37-15-23-21(24(30)25(31)32)10-18(11-22(23)26(37)38)14-33-28(2)8-5-9-28/h4,6-7,10-12,16-17,24-25,33H,5,8-9,13-15H2,1-3H3/t17?,24?,29-/m0/s1. The van der Waals surface area contributed by atoms with Crippen LogP contribution in [0.1, 0.15) is 84.1 Å². The fourth-order valence-corrected chi connectivity index (χ4v) is 6.16. The number of hydrogen-bond donors (Lipinski definition) is 1. The molecule has 0 bridgehead atoms. The normalized spacial score (nSPS) is 24.4. The molecule has 2 aromatic carbocycles. The van der Waals surface area contributed by atoms with Gasteiger partial charge in [0.2, 0.25) is 0 Å². The predicted octanol–water partition coefficient (Wildman–Crippen LogP) is 5.34. The molecule has 1 saturated carbocycles. The number of aryl methyl sites for hydroxylation is 1. The maximum Gasteiger partial charge on any atom is 0.273 e. The Bertz CT molecular complexity index is 1410. The van der Waals surface area contributed by atoms with Crippen molar-refractivity contribution in [3.05, 3.63) is 76.4 Å².